The van der Waals surface area contributed by atoms with Crippen LogP contribution in [0.15, 0.2) is 103 Å². The van der Waals surface area contributed by atoms with Crippen LogP contribution in [-0.2, 0) is 0 Å². The molecule has 6 rings (SSSR count). The molecule has 2 heteroatoms. The summed E-state index contributed by atoms with van der Waals surface area (Å²) in [6.45, 7) is 6.51. The fraction of sp³-hybridized carbons (Fsp3) is 0.0909. The molecule has 0 saturated heterocycles. The van der Waals surface area contributed by atoms with Crippen LogP contribution in [0.1, 0.15) is 16.7 Å². The van der Waals surface area contributed by atoms with Crippen molar-refractivity contribution in [1.29, 1.82) is 0 Å². The minimum Gasteiger partial charge on any atom is -0.254 e. The highest BCUT2D eigenvalue weighted by atomic mass is 14.8. The van der Waals surface area contributed by atoms with Crippen molar-refractivity contribution >= 4 is 21.8 Å². The van der Waals surface area contributed by atoms with Crippen molar-refractivity contribution < 1.29 is 0 Å². The highest BCUT2D eigenvalue weighted by Gasteiger charge is 2.16. The molecule has 2 nitrogen and oxygen atoms in total. The average Bonchev–Trinajstić information content (AvgIpc) is 2.88. The van der Waals surface area contributed by atoms with Gasteiger partial charge in [0, 0.05) is 22.5 Å². The maximum atomic E-state index is 5.28. The monoisotopic (exact) mass is 450 g/mol. The molecule has 0 fully saturated rings. The molecule has 0 radical (unpaired) electrons. The number of benzene rings is 4. The Bertz CT molecular complexity index is 1680. The Morgan fingerprint density at radius 2 is 1.11 bits per heavy atom. The molecule has 2 heterocycles. The van der Waals surface area contributed by atoms with Gasteiger partial charge >= 0.3 is 0 Å². The van der Waals surface area contributed by atoms with Gasteiger partial charge in [0.2, 0.25) is 0 Å². The predicted octanol–water partition coefficient (Wildman–Crippen LogP) is 8.71. The van der Waals surface area contributed by atoms with E-state index in [2.05, 4.69) is 118 Å². The smallest absolute Gasteiger partial charge is 0.0978 e. The third-order valence-electron chi connectivity index (χ3n) is 6.79. The zero-order valence-electron chi connectivity index (χ0n) is 20.2. The molecular weight excluding hydrogens is 424 g/mol. The van der Waals surface area contributed by atoms with Crippen LogP contribution >= 0.6 is 0 Å². The van der Waals surface area contributed by atoms with E-state index in [0.29, 0.717) is 0 Å². The van der Waals surface area contributed by atoms with Crippen molar-refractivity contribution in [2.24, 2.45) is 0 Å². The van der Waals surface area contributed by atoms with Gasteiger partial charge in [-0.15, -0.1) is 0 Å². The van der Waals surface area contributed by atoms with Crippen molar-refractivity contribution in [2.45, 2.75) is 20.8 Å². The number of aromatic nitrogens is 2. The van der Waals surface area contributed by atoms with Crippen LogP contribution in [0.25, 0.3) is 55.3 Å². The fourth-order valence-corrected chi connectivity index (χ4v) is 5.34. The maximum Gasteiger partial charge on any atom is 0.0978 e. The topological polar surface area (TPSA) is 25.8 Å². The summed E-state index contributed by atoms with van der Waals surface area (Å²) in [6.07, 6.45) is 1.91. The predicted molar refractivity (Wildman–Crippen MR) is 148 cm³/mol. The standard InChI is InChI=1S/C33H26N2/c1-21-18-22(2)31(23(3)19-21)30-20-29(25-12-8-5-9-13-25)28-15-14-27-26(24-10-6-4-7-11-24)16-17-34-32(27)33(28)35-30/h4-20H,1-3H3. The first-order valence-electron chi connectivity index (χ1n) is 12.0. The van der Waals surface area contributed by atoms with Crippen LogP contribution in [-0.4, -0.2) is 9.97 Å². The van der Waals surface area contributed by atoms with Crippen LogP contribution in [0.2, 0.25) is 0 Å². The molecule has 4 aromatic carbocycles. The van der Waals surface area contributed by atoms with Crippen molar-refractivity contribution in [1.82, 2.24) is 9.97 Å². The summed E-state index contributed by atoms with van der Waals surface area (Å²) in [4.78, 5) is 10.1. The van der Waals surface area contributed by atoms with Gasteiger partial charge in [0.15, 0.2) is 0 Å². The van der Waals surface area contributed by atoms with E-state index >= 15 is 0 Å². The summed E-state index contributed by atoms with van der Waals surface area (Å²) in [5.74, 6) is 0. The van der Waals surface area contributed by atoms with Crippen LogP contribution in [0.5, 0.6) is 0 Å². The second kappa shape index (κ2) is 8.48. The van der Waals surface area contributed by atoms with Crippen LogP contribution in [0.4, 0.5) is 0 Å². The first kappa shape index (κ1) is 21.2. The number of fused-ring (bicyclic) bond motifs is 3. The molecule has 0 unspecified atom stereocenters. The van der Waals surface area contributed by atoms with E-state index in [1.807, 2.05) is 6.20 Å². The van der Waals surface area contributed by atoms with E-state index in [-0.39, 0.29) is 0 Å². The molecule has 0 aliphatic heterocycles. The van der Waals surface area contributed by atoms with Gasteiger partial charge in [-0.05, 0) is 66.3 Å². The Hall–Kier alpha value is -4.30. The Morgan fingerprint density at radius 3 is 1.74 bits per heavy atom. The third kappa shape index (κ3) is 3.68. The van der Waals surface area contributed by atoms with E-state index < -0.39 is 0 Å². The summed E-state index contributed by atoms with van der Waals surface area (Å²) in [7, 11) is 0. The maximum absolute atomic E-state index is 5.28. The molecule has 0 spiro atoms. The van der Waals surface area contributed by atoms with E-state index in [1.54, 1.807) is 0 Å². The van der Waals surface area contributed by atoms with Crippen molar-refractivity contribution in [3.8, 4) is 33.5 Å². The highest BCUT2D eigenvalue weighted by molar-refractivity contribution is 6.12. The number of rotatable bonds is 3. The number of pyridine rings is 2. The number of nitrogens with zero attached hydrogens (tertiary/aromatic N) is 2. The lowest BCUT2D eigenvalue weighted by Gasteiger charge is -2.16. The lowest BCUT2D eigenvalue weighted by Crippen LogP contribution is -1.96. The highest BCUT2D eigenvalue weighted by Crippen LogP contribution is 2.38. The van der Waals surface area contributed by atoms with E-state index in [0.717, 1.165) is 27.5 Å². The second-order valence-electron chi connectivity index (χ2n) is 9.28. The summed E-state index contributed by atoms with van der Waals surface area (Å²) in [5, 5.41) is 2.24. The van der Waals surface area contributed by atoms with Gasteiger partial charge in [0.25, 0.3) is 0 Å². The molecule has 0 bridgehead atoms. The molecule has 0 aliphatic carbocycles. The zero-order chi connectivity index (χ0) is 23.9. The Morgan fingerprint density at radius 1 is 0.543 bits per heavy atom. The van der Waals surface area contributed by atoms with E-state index in [9.17, 15) is 0 Å². The van der Waals surface area contributed by atoms with Crippen LogP contribution < -0.4 is 0 Å². The van der Waals surface area contributed by atoms with Crippen LogP contribution in [0.3, 0.4) is 0 Å². The van der Waals surface area contributed by atoms with Crippen LogP contribution in [0, 0.1) is 20.8 Å². The molecule has 0 N–H and O–H groups in total. The largest absolute Gasteiger partial charge is 0.254 e. The molecule has 0 saturated carbocycles. The van der Waals surface area contributed by atoms with Gasteiger partial charge in [0.1, 0.15) is 0 Å². The summed E-state index contributed by atoms with van der Waals surface area (Å²) in [5.41, 5.74) is 12.5. The minimum atomic E-state index is 0.935. The minimum absolute atomic E-state index is 0.935. The third-order valence-corrected chi connectivity index (χ3v) is 6.79. The summed E-state index contributed by atoms with van der Waals surface area (Å²) >= 11 is 0. The quantitative estimate of drug-likeness (QED) is 0.252. The molecule has 168 valence electrons. The normalized spacial score (nSPS) is 11.3. The van der Waals surface area contributed by atoms with Crippen molar-refractivity contribution in [2.75, 3.05) is 0 Å². The number of aryl methyl sites for hydroxylation is 3. The fourth-order valence-electron chi connectivity index (χ4n) is 5.34. The summed E-state index contributed by atoms with van der Waals surface area (Å²) in [6, 6.07) is 34.3. The zero-order valence-corrected chi connectivity index (χ0v) is 20.2. The molecule has 35 heavy (non-hydrogen) atoms. The van der Waals surface area contributed by atoms with Gasteiger partial charge in [-0.3, -0.25) is 4.98 Å². The Kier molecular flexibility index (Phi) is 5.15. The Balaban J connectivity index is 1.73. The number of hydrogen-bond acceptors (Lipinski definition) is 2. The molecule has 2 aromatic heterocycles. The lowest BCUT2D eigenvalue weighted by molar-refractivity contribution is 1.28. The summed E-state index contributed by atoms with van der Waals surface area (Å²) < 4.78 is 0. The van der Waals surface area contributed by atoms with Crippen molar-refractivity contribution in [3.63, 3.8) is 0 Å². The number of hydrogen-bond donors (Lipinski definition) is 0. The first-order valence-corrected chi connectivity index (χ1v) is 12.0. The average molecular weight is 451 g/mol. The molecule has 0 amide bonds. The first-order chi connectivity index (χ1) is 17.1. The molecule has 0 atom stereocenters. The molecule has 0 aliphatic rings. The van der Waals surface area contributed by atoms with E-state index in [1.165, 1.54) is 44.5 Å². The van der Waals surface area contributed by atoms with Gasteiger partial charge in [0.05, 0.1) is 16.7 Å². The SMILES string of the molecule is Cc1cc(C)c(-c2cc(-c3ccccc3)c3ccc4c(-c5ccccc5)ccnc4c3n2)c(C)c1. The van der Waals surface area contributed by atoms with Gasteiger partial charge in [-0.1, -0.05) is 90.5 Å². The van der Waals surface area contributed by atoms with Gasteiger partial charge in [-0.25, -0.2) is 4.98 Å². The van der Waals surface area contributed by atoms with Crippen molar-refractivity contribution in [3.05, 3.63) is 120 Å². The van der Waals surface area contributed by atoms with Gasteiger partial charge < -0.3 is 0 Å². The van der Waals surface area contributed by atoms with Gasteiger partial charge in [-0.2, -0.15) is 0 Å². The Labute approximate surface area is 206 Å². The molecule has 6 aromatic rings. The second-order valence-corrected chi connectivity index (χ2v) is 9.28. The molecular formula is C33H26N2. The lowest BCUT2D eigenvalue weighted by atomic mass is 9.92. The van der Waals surface area contributed by atoms with E-state index in [4.69, 9.17) is 9.97 Å².